The smallest absolute Gasteiger partial charge is 0.310 e. The monoisotopic (exact) mass is 277 g/mol. The third-order valence-corrected chi connectivity index (χ3v) is 1.80. The minimum atomic E-state index is -2.22. The maximum atomic E-state index is 10.3. The summed E-state index contributed by atoms with van der Waals surface area (Å²) in [7, 11) is -2.22. The molecule has 1 aliphatic heterocycles. The van der Waals surface area contributed by atoms with Crippen molar-refractivity contribution in [1.82, 2.24) is 0 Å². The molecule has 2 unspecified atom stereocenters. The fraction of sp³-hybridized carbons (Fsp3) is 1.00. The van der Waals surface area contributed by atoms with E-state index in [0.717, 1.165) is 0 Å². The predicted molar refractivity (Wildman–Crippen MR) is 28.6 cm³/mol. The fourth-order valence-electron chi connectivity index (χ4n) is 0.475. The third kappa shape index (κ3) is 4.03. The van der Waals surface area contributed by atoms with Gasteiger partial charge in [0.2, 0.25) is 0 Å². The van der Waals surface area contributed by atoms with Crippen molar-refractivity contribution >= 4 is 8.25 Å². The van der Waals surface area contributed by atoms with E-state index in [2.05, 4.69) is 9.05 Å². The summed E-state index contributed by atoms with van der Waals surface area (Å²) in [5.41, 5.74) is 5.25. The van der Waals surface area contributed by atoms with Crippen LogP contribution in [0.15, 0.2) is 0 Å². The van der Waals surface area contributed by atoms with Crippen LogP contribution in [0.5, 0.6) is 0 Å². The van der Waals surface area contributed by atoms with Crippen molar-refractivity contribution in [3.63, 3.8) is 0 Å². The summed E-state index contributed by atoms with van der Waals surface area (Å²) >= 11 is 0. The molecular weight excluding hydrogens is 269 g/mol. The fourth-order valence-corrected chi connectivity index (χ4v) is 1.19. The van der Waals surface area contributed by atoms with Crippen molar-refractivity contribution in [2.75, 3.05) is 6.61 Å². The third-order valence-electron chi connectivity index (χ3n) is 0.870. The molecule has 1 heterocycles. The van der Waals surface area contributed by atoms with Gasteiger partial charge in [0.1, 0.15) is 6.23 Å². The first-order chi connectivity index (χ1) is 3.79. The number of hydrogen-bond acceptors (Lipinski definition) is 4. The zero-order valence-electron chi connectivity index (χ0n) is 4.79. The number of hydrogen-bond donors (Lipinski definition) is 1. The normalized spacial score (nSPS) is 35.2. The van der Waals surface area contributed by atoms with Gasteiger partial charge in [-0.25, -0.2) is 0 Å². The quantitative estimate of drug-likeness (QED) is 0.638. The molecule has 1 rings (SSSR count). The summed E-state index contributed by atoms with van der Waals surface area (Å²) < 4.78 is 19.5. The standard InChI is InChI=1S/C3H8NO3P.Ce/c4-3-1-2-6-8(5)7-3;/h3,8H,1-2,4H2;. The van der Waals surface area contributed by atoms with E-state index in [9.17, 15) is 4.57 Å². The van der Waals surface area contributed by atoms with Crippen molar-refractivity contribution in [2.45, 2.75) is 12.6 Å². The molecule has 1 fully saturated rings. The van der Waals surface area contributed by atoms with Gasteiger partial charge in [0.25, 0.3) is 0 Å². The van der Waals surface area contributed by atoms with Crippen molar-refractivity contribution in [2.24, 2.45) is 5.73 Å². The average molecular weight is 277 g/mol. The minimum absolute atomic E-state index is 0. The average Bonchev–Trinajstić information content (AvgIpc) is 1.64. The second-order valence-corrected chi connectivity index (χ2v) is 2.57. The summed E-state index contributed by atoms with van der Waals surface area (Å²) in [6.45, 7) is 0.457. The van der Waals surface area contributed by atoms with Gasteiger partial charge in [0.15, 0.2) is 0 Å². The van der Waals surface area contributed by atoms with E-state index in [-0.39, 0.29) is 48.0 Å². The van der Waals surface area contributed by atoms with Crippen LogP contribution in [0.4, 0.5) is 0 Å². The van der Waals surface area contributed by atoms with Crippen molar-refractivity contribution in [3.05, 3.63) is 0 Å². The van der Waals surface area contributed by atoms with Crippen molar-refractivity contribution < 1.29 is 55.4 Å². The van der Waals surface area contributed by atoms with Crippen LogP contribution >= 0.6 is 8.25 Å². The Morgan fingerprint density at radius 3 is 2.67 bits per heavy atom. The molecule has 0 saturated carbocycles. The summed E-state index contributed by atoms with van der Waals surface area (Å²) in [5.74, 6) is 0. The Hall–Kier alpha value is 1.49. The number of nitrogens with two attached hydrogens (primary N) is 1. The molecule has 0 aliphatic carbocycles. The summed E-state index contributed by atoms with van der Waals surface area (Å²) in [4.78, 5) is 0. The summed E-state index contributed by atoms with van der Waals surface area (Å²) in [6.07, 6.45) is 0.256. The Kier molecular flexibility index (Phi) is 6.03. The molecule has 1 saturated heterocycles. The Morgan fingerprint density at radius 2 is 2.33 bits per heavy atom. The van der Waals surface area contributed by atoms with Gasteiger partial charge in [0.05, 0.1) is 6.61 Å². The van der Waals surface area contributed by atoms with E-state index in [4.69, 9.17) is 5.73 Å². The van der Waals surface area contributed by atoms with Gasteiger partial charge in [-0.05, 0) is 0 Å². The van der Waals surface area contributed by atoms with Crippen LogP contribution in [0, 0.1) is 41.7 Å². The van der Waals surface area contributed by atoms with E-state index in [1.807, 2.05) is 0 Å². The van der Waals surface area contributed by atoms with E-state index in [1.54, 1.807) is 0 Å². The van der Waals surface area contributed by atoms with Crippen LogP contribution in [0.2, 0.25) is 0 Å². The molecule has 6 heteroatoms. The van der Waals surface area contributed by atoms with E-state index in [1.165, 1.54) is 0 Å². The van der Waals surface area contributed by atoms with Gasteiger partial charge in [0, 0.05) is 48.2 Å². The molecule has 0 spiro atoms. The number of rotatable bonds is 0. The van der Waals surface area contributed by atoms with Crippen molar-refractivity contribution in [3.8, 4) is 0 Å². The SMILES string of the molecule is NC1CCO[PH](=O)O1.[Ce]. The van der Waals surface area contributed by atoms with E-state index in [0.29, 0.717) is 13.0 Å². The minimum Gasteiger partial charge on any atom is -0.310 e. The van der Waals surface area contributed by atoms with Gasteiger partial charge < -0.3 is 10.3 Å². The molecule has 2 atom stereocenters. The molecule has 9 heavy (non-hydrogen) atoms. The summed E-state index contributed by atoms with van der Waals surface area (Å²) in [5, 5.41) is 0. The van der Waals surface area contributed by atoms with Crippen molar-refractivity contribution in [1.29, 1.82) is 0 Å². The topological polar surface area (TPSA) is 61.5 Å². The first-order valence-electron chi connectivity index (χ1n) is 2.38. The molecule has 0 amide bonds. The Labute approximate surface area is 87.8 Å². The molecule has 0 aromatic heterocycles. The van der Waals surface area contributed by atoms with Crippen LogP contribution in [0.1, 0.15) is 6.42 Å². The predicted octanol–water partition coefficient (Wildman–Crippen LogP) is 0.0978. The van der Waals surface area contributed by atoms with Crippen LogP contribution < -0.4 is 5.73 Å². The van der Waals surface area contributed by atoms with Crippen LogP contribution in [-0.2, 0) is 13.6 Å². The first-order valence-corrected chi connectivity index (χ1v) is 3.60. The van der Waals surface area contributed by atoms with Gasteiger partial charge >= 0.3 is 8.25 Å². The molecule has 0 radical (unpaired) electrons. The first kappa shape index (κ1) is 10.5. The second-order valence-electron chi connectivity index (χ2n) is 1.54. The van der Waals surface area contributed by atoms with Gasteiger partial charge in [-0.2, -0.15) is 0 Å². The Bertz CT molecular complexity index is 111. The van der Waals surface area contributed by atoms with Crippen LogP contribution in [0.25, 0.3) is 0 Å². The molecule has 1 aliphatic rings. The van der Waals surface area contributed by atoms with Crippen LogP contribution in [0.3, 0.4) is 0 Å². The Morgan fingerprint density at radius 1 is 1.67 bits per heavy atom. The molecule has 0 aromatic rings. The molecule has 4 nitrogen and oxygen atoms in total. The second kappa shape index (κ2) is 5.18. The van der Waals surface area contributed by atoms with Crippen LogP contribution in [-0.4, -0.2) is 12.8 Å². The van der Waals surface area contributed by atoms with E-state index < -0.39 is 8.25 Å². The zero-order valence-corrected chi connectivity index (χ0v) is 8.93. The van der Waals surface area contributed by atoms with Gasteiger partial charge in [-0.3, -0.25) is 9.09 Å². The van der Waals surface area contributed by atoms with Gasteiger partial charge in [-0.15, -0.1) is 0 Å². The summed E-state index contributed by atoms with van der Waals surface area (Å²) in [6, 6.07) is 0. The molecule has 52 valence electrons. The van der Waals surface area contributed by atoms with E-state index >= 15 is 0 Å². The Balaban J connectivity index is 0.000000640. The maximum absolute atomic E-state index is 10.3. The molecule has 2 N–H and O–H groups in total. The maximum Gasteiger partial charge on any atom is 0.320 e. The molecular formula is C3H8CeNO3P. The largest absolute Gasteiger partial charge is 0.320 e. The molecule has 0 bridgehead atoms. The zero-order chi connectivity index (χ0) is 5.98. The molecule has 0 aromatic carbocycles. The van der Waals surface area contributed by atoms with Gasteiger partial charge in [-0.1, -0.05) is 0 Å².